The lowest BCUT2D eigenvalue weighted by atomic mass is 10.3. The third-order valence-electron chi connectivity index (χ3n) is 1.57. The standard InChI is InChI=1S/C6H7ClN2O/c1-9-3-8-6(7)5(9)4-2-10-4/h3-4H,2H2,1H3. The summed E-state index contributed by atoms with van der Waals surface area (Å²) >= 11 is 5.77. The van der Waals surface area contributed by atoms with Gasteiger partial charge in [0.25, 0.3) is 0 Å². The lowest BCUT2D eigenvalue weighted by Crippen LogP contribution is -1.92. The average molecular weight is 159 g/mol. The molecule has 0 aliphatic carbocycles. The Morgan fingerprint density at radius 1 is 1.90 bits per heavy atom. The molecule has 4 heteroatoms. The first-order chi connectivity index (χ1) is 4.79. The molecule has 1 saturated heterocycles. The summed E-state index contributed by atoms with van der Waals surface area (Å²) in [5.41, 5.74) is 0.988. The maximum absolute atomic E-state index is 5.77. The van der Waals surface area contributed by atoms with Gasteiger partial charge in [-0.15, -0.1) is 0 Å². The molecule has 1 atom stereocenters. The van der Waals surface area contributed by atoms with Gasteiger partial charge in [-0.1, -0.05) is 11.6 Å². The van der Waals surface area contributed by atoms with Gasteiger partial charge in [0.2, 0.25) is 0 Å². The molecule has 2 rings (SSSR count). The monoisotopic (exact) mass is 158 g/mol. The quantitative estimate of drug-likeness (QED) is 0.574. The van der Waals surface area contributed by atoms with Gasteiger partial charge in [0.15, 0.2) is 5.15 Å². The van der Waals surface area contributed by atoms with Crippen LogP contribution in [0.4, 0.5) is 0 Å². The van der Waals surface area contributed by atoms with Gasteiger partial charge in [-0.2, -0.15) is 0 Å². The molecule has 0 bridgehead atoms. The molecule has 1 fully saturated rings. The van der Waals surface area contributed by atoms with E-state index in [1.54, 1.807) is 6.33 Å². The van der Waals surface area contributed by atoms with Gasteiger partial charge in [0, 0.05) is 7.05 Å². The van der Waals surface area contributed by atoms with Crippen molar-refractivity contribution >= 4 is 11.6 Å². The number of halogens is 1. The van der Waals surface area contributed by atoms with Crippen LogP contribution in [-0.4, -0.2) is 16.2 Å². The van der Waals surface area contributed by atoms with E-state index in [0.29, 0.717) is 5.15 Å². The highest BCUT2D eigenvalue weighted by Crippen LogP contribution is 2.33. The van der Waals surface area contributed by atoms with Crippen molar-refractivity contribution in [2.45, 2.75) is 6.10 Å². The third-order valence-corrected chi connectivity index (χ3v) is 1.87. The van der Waals surface area contributed by atoms with Crippen LogP contribution < -0.4 is 0 Å². The molecule has 1 aliphatic rings. The lowest BCUT2D eigenvalue weighted by molar-refractivity contribution is 0.407. The number of rotatable bonds is 1. The van der Waals surface area contributed by atoms with E-state index < -0.39 is 0 Å². The Bertz CT molecular complexity index is 235. The molecule has 2 heterocycles. The Balaban J connectivity index is 2.44. The average Bonchev–Trinajstić information content (AvgIpc) is 2.64. The molecule has 1 aliphatic heterocycles. The van der Waals surface area contributed by atoms with Gasteiger partial charge < -0.3 is 9.30 Å². The Hall–Kier alpha value is -0.540. The van der Waals surface area contributed by atoms with Gasteiger partial charge in [0.05, 0.1) is 18.6 Å². The predicted octanol–water partition coefficient (Wildman–Crippen LogP) is 1.14. The van der Waals surface area contributed by atoms with Crippen LogP contribution in [0.3, 0.4) is 0 Å². The van der Waals surface area contributed by atoms with Crippen LogP contribution in [0.25, 0.3) is 0 Å². The Morgan fingerprint density at radius 2 is 2.60 bits per heavy atom. The van der Waals surface area contributed by atoms with E-state index in [2.05, 4.69) is 4.98 Å². The third kappa shape index (κ3) is 0.822. The normalized spacial score (nSPS) is 23.2. The summed E-state index contributed by atoms with van der Waals surface area (Å²) in [5, 5.41) is 0.560. The first kappa shape index (κ1) is 6.19. The molecular formula is C6H7ClN2O. The molecule has 54 valence electrons. The van der Waals surface area contributed by atoms with E-state index in [1.807, 2.05) is 11.6 Å². The van der Waals surface area contributed by atoms with Crippen molar-refractivity contribution in [2.75, 3.05) is 6.61 Å². The summed E-state index contributed by atoms with van der Waals surface area (Å²) in [4.78, 5) is 3.93. The molecule has 0 saturated carbocycles. The van der Waals surface area contributed by atoms with Gasteiger partial charge in [-0.05, 0) is 0 Å². The minimum Gasteiger partial charge on any atom is -0.366 e. The lowest BCUT2D eigenvalue weighted by Gasteiger charge is -1.95. The molecule has 0 spiro atoms. The second kappa shape index (κ2) is 1.97. The van der Waals surface area contributed by atoms with E-state index in [0.717, 1.165) is 12.3 Å². The molecule has 0 aromatic carbocycles. The zero-order chi connectivity index (χ0) is 7.14. The van der Waals surface area contributed by atoms with Crippen LogP contribution in [0.2, 0.25) is 5.15 Å². The van der Waals surface area contributed by atoms with Crippen LogP contribution in [0.15, 0.2) is 6.33 Å². The fourth-order valence-electron chi connectivity index (χ4n) is 0.977. The molecule has 3 nitrogen and oxygen atoms in total. The summed E-state index contributed by atoms with van der Waals surface area (Å²) in [6.45, 7) is 0.777. The highest BCUT2D eigenvalue weighted by molar-refractivity contribution is 6.30. The van der Waals surface area contributed by atoms with Crippen molar-refractivity contribution in [1.82, 2.24) is 9.55 Å². The number of hydrogen-bond donors (Lipinski definition) is 0. The largest absolute Gasteiger partial charge is 0.366 e. The van der Waals surface area contributed by atoms with E-state index >= 15 is 0 Å². The summed E-state index contributed by atoms with van der Waals surface area (Å²) in [6, 6.07) is 0. The van der Waals surface area contributed by atoms with E-state index in [9.17, 15) is 0 Å². The number of epoxide rings is 1. The van der Waals surface area contributed by atoms with Crippen molar-refractivity contribution in [2.24, 2.45) is 7.05 Å². The van der Waals surface area contributed by atoms with E-state index in [4.69, 9.17) is 16.3 Å². The maximum Gasteiger partial charge on any atom is 0.153 e. The molecule has 0 amide bonds. The molecule has 10 heavy (non-hydrogen) atoms. The van der Waals surface area contributed by atoms with Crippen molar-refractivity contribution in [1.29, 1.82) is 0 Å². The van der Waals surface area contributed by atoms with Crippen molar-refractivity contribution in [3.05, 3.63) is 17.2 Å². The first-order valence-electron chi connectivity index (χ1n) is 3.07. The highest BCUT2D eigenvalue weighted by Gasteiger charge is 2.30. The van der Waals surface area contributed by atoms with E-state index in [-0.39, 0.29) is 6.10 Å². The molecule has 1 unspecified atom stereocenters. The minimum atomic E-state index is 0.194. The molecule has 1 aromatic rings. The predicted molar refractivity (Wildman–Crippen MR) is 36.9 cm³/mol. The summed E-state index contributed by atoms with van der Waals surface area (Å²) < 4.78 is 6.96. The SMILES string of the molecule is Cn1cnc(Cl)c1C1CO1. The topological polar surface area (TPSA) is 30.4 Å². The fraction of sp³-hybridized carbons (Fsp3) is 0.500. The smallest absolute Gasteiger partial charge is 0.153 e. The van der Waals surface area contributed by atoms with Crippen molar-refractivity contribution < 1.29 is 4.74 Å². The van der Waals surface area contributed by atoms with Crippen LogP contribution in [0.1, 0.15) is 11.8 Å². The zero-order valence-corrected chi connectivity index (χ0v) is 6.30. The number of aryl methyl sites for hydroxylation is 1. The van der Waals surface area contributed by atoms with Gasteiger partial charge >= 0.3 is 0 Å². The van der Waals surface area contributed by atoms with Gasteiger partial charge in [0.1, 0.15) is 6.10 Å². The molecule has 0 N–H and O–H groups in total. The van der Waals surface area contributed by atoms with Crippen LogP contribution in [0, 0.1) is 0 Å². The number of aromatic nitrogens is 2. The molecular weight excluding hydrogens is 152 g/mol. The first-order valence-corrected chi connectivity index (χ1v) is 3.45. The van der Waals surface area contributed by atoms with Gasteiger partial charge in [-0.25, -0.2) is 4.98 Å². The summed E-state index contributed by atoms with van der Waals surface area (Å²) in [7, 11) is 1.91. The second-order valence-corrected chi connectivity index (χ2v) is 2.71. The Labute approximate surface area is 63.6 Å². The molecule has 1 aromatic heterocycles. The Morgan fingerprint density at radius 3 is 3.00 bits per heavy atom. The molecule has 0 radical (unpaired) electrons. The van der Waals surface area contributed by atoms with Crippen LogP contribution in [0.5, 0.6) is 0 Å². The van der Waals surface area contributed by atoms with Crippen LogP contribution in [-0.2, 0) is 11.8 Å². The number of hydrogen-bond acceptors (Lipinski definition) is 2. The van der Waals surface area contributed by atoms with E-state index in [1.165, 1.54) is 0 Å². The minimum absolute atomic E-state index is 0.194. The maximum atomic E-state index is 5.77. The number of ether oxygens (including phenoxy) is 1. The number of nitrogens with zero attached hydrogens (tertiary/aromatic N) is 2. The zero-order valence-electron chi connectivity index (χ0n) is 5.54. The fourth-order valence-corrected chi connectivity index (χ4v) is 1.28. The Kier molecular flexibility index (Phi) is 1.22. The van der Waals surface area contributed by atoms with Crippen molar-refractivity contribution in [3.63, 3.8) is 0 Å². The summed E-state index contributed by atoms with van der Waals surface area (Å²) in [5.74, 6) is 0. The summed E-state index contributed by atoms with van der Waals surface area (Å²) in [6.07, 6.45) is 1.89. The van der Waals surface area contributed by atoms with Gasteiger partial charge in [-0.3, -0.25) is 0 Å². The number of imidazole rings is 1. The second-order valence-electron chi connectivity index (χ2n) is 2.35. The van der Waals surface area contributed by atoms with Crippen molar-refractivity contribution in [3.8, 4) is 0 Å². The van der Waals surface area contributed by atoms with Crippen LogP contribution >= 0.6 is 11.6 Å². The highest BCUT2D eigenvalue weighted by atomic mass is 35.5.